The van der Waals surface area contributed by atoms with E-state index in [1.165, 1.54) is 5.56 Å². The molecule has 2 N–H and O–H groups in total. The molecule has 1 aliphatic carbocycles. The number of nitrogens with two attached hydrogens (primary N) is 1. The number of fused-ring (bicyclic) bond motifs is 2. The van der Waals surface area contributed by atoms with Crippen molar-refractivity contribution >= 4 is 5.91 Å². The topological polar surface area (TPSA) is 55.6 Å². The second kappa shape index (κ2) is 5.11. The molecule has 4 rings (SSSR count). The van der Waals surface area contributed by atoms with Crippen LogP contribution in [0.2, 0.25) is 0 Å². The predicted molar refractivity (Wildman–Crippen MR) is 79.6 cm³/mol. The van der Waals surface area contributed by atoms with Crippen molar-refractivity contribution in [3.05, 3.63) is 35.4 Å². The van der Waals surface area contributed by atoms with Crippen LogP contribution in [0.1, 0.15) is 30.1 Å². The van der Waals surface area contributed by atoms with E-state index in [0.717, 1.165) is 37.9 Å². The zero-order chi connectivity index (χ0) is 14.4. The van der Waals surface area contributed by atoms with E-state index in [9.17, 15) is 4.79 Å². The van der Waals surface area contributed by atoms with Crippen LogP contribution in [0.4, 0.5) is 0 Å². The summed E-state index contributed by atoms with van der Waals surface area (Å²) in [6.45, 7) is 2.31. The molecule has 1 aromatic rings. The summed E-state index contributed by atoms with van der Waals surface area (Å²) in [6.07, 6.45) is 2.76. The van der Waals surface area contributed by atoms with Crippen LogP contribution in [-0.4, -0.2) is 36.5 Å². The van der Waals surface area contributed by atoms with Crippen molar-refractivity contribution in [2.75, 3.05) is 19.7 Å². The summed E-state index contributed by atoms with van der Waals surface area (Å²) < 4.78 is 5.81. The number of hydrogen-bond acceptors (Lipinski definition) is 3. The van der Waals surface area contributed by atoms with Gasteiger partial charge in [-0.25, -0.2) is 0 Å². The number of amides is 1. The molecule has 21 heavy (non-hydrogen) atoms. The Morgan fingerprint density at radius 3 is 2.95 bits per heavy atom. The molecule has 0 spiro atoms. The van der Waals surface area contributed by atoms with Crippen LogP contribution >= 0.6 is 0 Å². The number of carbonyl (C=O) groups excluding carboxylic acids is 1. The quantitative estimate of drug-likeness (QED) is 0.851. The fourth-order valence-electron chi connectivity index (χ4n) is 4.25. The van der Waals surface area contributed by atoms with Crippen LogP contribution in [0.5, 0.6) is 0 Å². The molecule has 2 aliphatic heterocycles. The van der Waals surface area contributed by atoms with Crippen molar-refractivity contribution < 1.29 is 9.53 Å². The number of ether oxygens (including phenoxy) is 1. The summed E-state index contributed by atoms with van der Waals surface area (Å²) in [4.78, 5) is 14.8. The summed E-state index contributed by atoms with van der Waals surface area (Å²) in [5.41, 5.74) is 8.47. The molecule has 3 aliphatic rings. The lowest BCUT2D eigenvalue weighted by Gasteiger charge is -2.29. The van der Waals surface area contributed by atoms with Crippen molar-refractivity contribution in [3.63, 3.8) is 0 Å². The molecule has 112 valence electrons. The number of nitrogens with zero attached hydrogens (tertiary/aromatic N) is 1. The van der Waals surface area contributed by atoms with Crippen LogP contribution in [0.25, 0.3) is 0 Å². The number of rotatable bonds is 1. The first-order chi connectivity index (χ1) is 10.2. The van der Waals surface area contributed by atoms with Crippen molar-refractivity contribution in [2.24, 2.45) is 17.6 Å². The molecule has 1 saturated carbocycles. The summed E-state index contributed by atoms with van der Waals surface area (Å²) in [5, 5.41) is 0. The number of hydrogen-bond donors (Lipinski definition) is 1. The Hall–Kier alpha value is -1.39. The first-order valence-electron chi connectivity index (χ1n) is 7.98. The first-order valence-corrected chi connectivity index (χ1v) is 7.98. The third-order valence-corrected chi connectivity index (χ3v) is 5.44. The molecular formula is C17H22N2O2. The molecule has 0 unspecified atom stereocenters. The lowest BCUT2D eigenvalue weighted by Crippen LogP contribution is -2.38. The monoisotopic (exact) mass is 286 g/mol. The van der Waals surface area contributed by atoms with Crippen LogP contribution < -0.4 is 5.73 Å². The Balaban J connectivity index is 1.54. The third-order valence-electron chi connectivity index (χ3n) is 5.44. The molecule has 4 atom stereocenters. The summed E-state index contributed by atoms with van der Waals surface area (Å²) >= 11 is 0. The predicted octanol–water partition coefficient (Wildman–Crippen LogP) is 1.50. The van der Waals surface area contributed by atoms with Gasteiger partial charge in [0.1, 0.15) is 0 Å². The second-order valence-corrected chi connectivity index (χ2v) is 6.61. The van der Waals surface area contributed by atoms with Crippen molar-refractivity contribution in [2.45, 2.75) is 31.4 Å². The van der Waals surface area contributed by atoms with Gasteiger partial charge in [-0.1, -0.05) is 24.3 Å². The van der Waals surface area contributed by atoms with E-state index in [0.29, 0.717) is 18.4 Å². The van der Waals surface area contributed by atoms with E-state index in [4.69, 9.17) is 10.5 Å². The summed E-state index contributed by atoms with van der Waals surface area (Å²) in [6, 6.07) is 8.42. The van der Waals surface area contributed by atoms with Crippen LogP contribution in [0, 0.1) is 11.8 Å². The van der Waals surface area contributed by atoms with E-state index in [2.05, 4.69) is 6.07 Å². The first kappa shape index (κ1) is 13.3. The van der Waals surface area contributed by atoms with Gasteiger partial charge in [0.25, 0.3) is 5.91 Å². The Kier molecular flexibility index (Phi) is 3.23. The van der Waals surface area contributed by atoms with Crippen molar-refractivity contribution in [3.8, 4) is 0 Å². The normalized spacial score (nSPS) is 34.6. The van der Waals surface area contributed by atoms with E-state index in [-0.39, 0.29) is 11.9 Å². The van der Waals surface area contributed by atoms with Gasteiger partial charge in [0.05, 0.1) is 6.61 Å². The molecule has 4 nitrogen and oxygen atoms in total. The SMILES string of the molecule is N[C@@H]1CC[C@H]2CN(C(=O)[C@@H]3OCCc4ccccc43)C[C@H]21. The van der Waals surface area contributed by atoms with Crippen molar-refractivity contribution in [1.82, 2.24) is 4.90 Å². The number of likely N-dealkylation sites (tertiary alicyclic amines) is 1. The van der Waals surface area contributed by atoms with Gasteiger partial charge in [0, 0.05) is 19.1 Å². The highest BCUT2D eigenvalue weighted by atomic mass is 16.5. The average Bonchev–Trinajstić information content (AvgIpc) is 3.08. The highest BCUT2D eigenvalue weighted by molar-refractivity contribution is 5.83. The Morgan fingerprint density at radius 1 is 1.24 bits per heavy atom. The summed E-state index contributed by atoms with van der Waals surface area (Å²) in [5.74, 6) is 1.22. The van der Waals surface area contributed by atoms with Crippen molar-refractivity contribution in [1.29, 1.82) is 0 Å². The number of carbonyl (C=O) groups is 1. The Labute approximate surface area is 125 Å². The lowest BCUT2D eigenvalue weighted by molar-refractivity contribution is -0.144. The number of benzene rings is 1. The average molecular weight is 286 g/mol. The van der Waals surface area contributed by atoms with Gasteiger partial charge in [0.15, 0.2) is 6.10 Å². The lowest BCUT2D eigenvalue weighted by atomic mass is 9.97. The molecule has 4 heteroatoms. The van der Waals surface area contributed by atoms with E-state index < -0.39 is 6.10 Å². The highest BCUT2D eigenvalue weighted by Crippen LogP contribution is 2.39. The Morgan fingerprint density at radius 2 is 2.10 bits per heavy atom. The maximum atomic E-state index is 12.9. The fourth-order valence-corrected chi connectivity index (χ4v) is 4.25. The van der Waals surface area contributed by atoms with E-state index >= 15 is 0 Å². The maximum Gasteiger partial charge on any atom is 0.256 e. The molecule has 1 saturated heterocycles. The smallest absolute Gasteiger partial charge is 0.256 e. The van der Waals surface area contributed by atoms with E-state index in [1.807, 2.05) is 23.1 Å². The third kappa shape index (κ3) is 2.17. The maximum absolute atomic E-state index is 12.9. The largest absolute Gasteiger partial charge is 0.363 e. The van der Waals surface area contributed by atoms with Crippen LogP contribution in [0.15, 0.2) is 24.3 Å². The molecule has 0 radical (unpaired) electrons. The zero-order valence-corrected chi connectivity index (χ0v) is 12.2. The molecular weight excluding hydrogens is 264 g/mol. The zero-order valence-electron chi connectivity index (χ0n) is 12.2. The minimum Gasteiger partial charge on any atom is -0.363 e. The molecule has 0 bridgehead atoms. The van der Waals surface area contributed by atoms with Gasteiger partial charge in [-0.3, -0.25) is 4.79 Å². The second-order valence-electron chi connectivity index (χ2n) is 6.61. The van der Waals surface area contributed by atoms with Gasteiger partial charge >= 0.3 is 0 Å². The van der Waals surface area contributed by atoms with Crippen LogP contribution in [-0.2, 0) is 16.0 Å². The van der Waals surface area contributed by atoms with Gasteiger partial charge in [-0.15, -0.1) is 0 Å². The summed E-state index contributed by atoms with van der Waals surface area (Å²) in [7, 11) is 0. The van der Waals surface area contributed by atoms with Gasteiger partial charge in [-0.2, -0.15) is 0 Å². The van der Waals surface area contributed by atoms with Gasteiger partial charge < -0.3 is 15.4 Å². The van der Waals surface area contributed by atoms with Gasteiger partial charge in [-0.05, 0) is 42.2 Å². The fraction of sp³-hybridized carbons (Fsp3) is 0.588. The molecule has 1 amide bonds. The minimum atomic E-state index is -0.412. The van der Waals surface area contributed by atoms with Gasteiger partial charge in [0.2, 0.25) is 0 Å². The van der Waals surface area contributed by atoms with E-state index in [1.54, 1.807) is 0 Å². The molecule has 2 fully saturated rings. The Bertz CT molecular complexity index is 559. The van der Waals surface area contributed by atoms with Crippen LogP contribution in [0.3, 0.4) is 0 Å². The molecule has 0 aromatic heterocycles. The standard InChI is InChI=1S/C17H22N2O2/c18-15-6-5-12-9-19(10-14(12)15)17(20)16-13-4-2-1-3-11(13)7-8-21-16/h1-4,12,14-16H,5-10,18H2/t12-,14+,15+,16+/m0/s1. The minimum absolute atomic E-state index is 0.128. The molecule has 2 heterocycles. The molecule has 1 aromatic carbocycles. The highest BCUT2D eigenvalue weighted by Gasteiger charge is 2.44.